The number of aliphatic carboxylic acids is 1. The molecule has 0 bridgehead atoms. The first-order valence-corrected chi connectivity index (χ1v) is 12.8. The average Bonchev–Trinajstić information content (AvgIpc) is 2.96. The lowest BCUT2D eigenvalue weighted by atomic mass is 9.96. The van der Waals surface area contributed by atoms with Gasteiger partial charge < -0.3 is 20.5 Å². The standard InChI is InChI=1S/C32H32N2O5/c1-21(24-13-14-26-20-27(39-2)16-15-25(26)19-24)30(35)33-28(17-22-9-5-3-6-10-22)31(36)34-29(32(37)38)18-23-11-7-4-8-12-23/h3-16,19-21,28-29H,17-18H2,1-2H3,(H,33,35)(H,34,36)(H,37,38). The maximum absolute atomic E-state index is 13.4. The van der Waals surface area contributed by atoms with Gasteiger partial charge in [-0.25, -0.2) is 4.79 Å². The Kier molecular flexibility index (Phi) is 8.94. The number of carbonyl (C=O) groups excluding carboxylic acids is 2. The first kappa shape index (κ1) is 27.4. The van der Waals surface area contributed by atoms with E-state index in [-0.39, 0.29) is 18.7 Å². The monoisotopic (exact) mass is 524 g/mol. The van der Waals surface area contributed by atoms with Gasteiger partial charge in [-0.1, -0.05) is 84.9 Å². The molecule has 0 fully saturated rings. The van der Waals surface area contributed by atoms with Gasteiger partial charge in [0.25, 0.3) is 0 Å². The lowest BCUT2D eigenvalue weighted by molar-refractivity contribution is -0.142. The Morgan fingerprint density at radius 2 is 1.26 bits per heavy atom. The number of amides is 2. The van der Waals surface area contributed by atoms with E-state index in [9.17, 15) is 19.5 Å². The Morgan fingerprint density at radius 1 is 0.718 bits per heavy atom. The lowest BCUT2D eigenvalue weighted by Crippen LogP contribution is -2.53. The fourth-order valence-corrected chi connectivity index (χ4v) is 4.47. The third kappa shape index (κ3) is 7.23. The molecule has 200 valence electrons. The summed E-state index contributed by atoms with van der Waals surface area (Å²) in [7, 11) is 1.62. The molecule has 39 heavy (non-hydrogen) atoms. The van der Waals surface area contributed by atoms with E-state index in [0.717, 1.165) is 33.2 Å². The van der Waals surface area contributed by atoms with Crippen LogP contribution in [0.4, 0.5) is 0 Å². The number of hydrogen-bond acceptors (Lipinski definition) is 4. The maximum atomic E-state index is 13.4. The summed E-state index contributed by atoms with van der Waals surface area (Å²) < 4.78 is 5.29. The van der Waals surface area contributed by atoms with Gasteiger partial charge in [0.2, 0.25) is 11.8 Å². The molecule has 0 aliphatic heterocycles. The molecule has 0 radical (unpaired) electrons. The molecule has 0 saturated carbocycles. The molecule has 3 unspecified atom stereocenters. The van der Waals surface area contributed by atoms with Crippen LogP contribution in [-0.2, 0) is 27.2 Å². The number of carboxylic acids is 1. The summed E-state index contributed by atoms with van der Waals surface area (Å²) in [5, 5.41) is 17.3. The summed E-state index contributed by atoms with van der Waals surface area (Å²) >= 11 is 0. The predicted octanol–water partition coefficient (Wildman–Crippen LogP) is 4.49. The van der Waals surface area contributed by atoms with Gasteiger partial charge in [-0.2, -0.15) is 0 Å². The Balaban J connectivity index is 1.52. The molecule has 0 aliphatic rings. The van der Waals surface area contributed by atoms with Crippen LogP contribution in [0.5, 0.6) is 5.75 Å². The molecule has 0 saturated heterocycles. The molecule has 3 atom stereocenters. The Bertz CT molecular complexity index is 1440. The van der Waals surface area contributed by atoms with Gasteiger partial charge in [-0.05, 0) is 46.5 Å². The molecular formula is C32H32N2O5. The Labute approximate surface area is 227 Å². The first-order valence-electron chi connectivity index (χ1n) is 12.8. The zero-order valence-electron chi connectivity index (χ0n) is 22.0. The van der Waals surface area contributed by atoms with Crippen LogP contribution < -0.4 is 15.4 Å². The van der Waals surface area contributed by atoms with E-state index in [1.165, 1.54) is 0 Å². The topological polar surface area (TPSA) is 105 Å². The number of nitrogens with one attached hydrogen (secondary N) is 2. The number of ether oxygens (including phenoxy) is 1. The van der Waals surface area contributed by atoms with Crippen LogP contribution in [0.1, 0.15) is 29.5 Å². The highest BCUT2D eigenvalue weighted by Crippen LogP contribution is 2.25. The smallest absolute Gasteiger partial charge is 0.326 e. The van der Waals surface area contributed by atoms with E-state index in [2.05, 4.69) is 10.6 Å². The van der Waals surface area contributed by atoms with Crippen molar-refractivity contribution in [1.82, 2.24) is 10.6 Å². The summed E-state index contributed by atoms with van der Waals surface area (Å²) in [5.74, 6) is -1.80. The minimum Gasteiger partial charge on any atom is -0.497 e. The molecule has 0 aliphatic carbocycles. The van der Waals surface area contributed by atoms with Gasteiger partial charge in [-0.15, -0.1) is 0 Å². The van der Waals surface area contributed by atoms with Gasteiger partial charge >= 0.3 is 5.97 Å². The van der Waals surface area contributed by atoms with E-state index in [0.29, 0.717) is 0 Å². The number of methoxy groups -OCH3 is 1. The summed E-state index contributed by atoms with van der Waals surface area (Å²) in [6.07, 6.45) is 0.354. The van der Waals surface area contributed by atoms with Crippen molar-refractivity contribution in [3.8, 4) is 5.75 Å². The minimum absolute atomic E-state index is 0.131. The fraction of sp³-hybridized carbons (Fsp3) is 0.219. The van der Waals surface area contributed by atoms with Crippen LogP contribution in [0.15, 0.2) is 97.1 Å². The van der Waals surface area contributed by atoms with Gasteiger partial charge in [0.1, 0.15) is 17.8 Å². The fourth-order valence-electron chi connectivity index (χ4n) is 4.47. The van der Waals surface area contributed by atoms with E-state index < -0.39 is 29.9 Å². The minimum atomic E-state index is -1.14. The molecule has 4 rings (SSSR count). The van der Waals surface area contributed by atoms with Crippen molar-refractivity contribution in [1.29, 1.82) is 0 Å². The van der Waals surface area contributed by atoms with E-state index in [4.69, 9.17) is 4.74 Å². The number of carbonyl (C=O) groups is 3. The van der Waals surface area contributed by atoms with Crippen molar-refractivity contribution in [2.75, 3.05) is 7.11 Å². The van der Waals surface area contributed by atoms with Gasteiger partial charge in [-0.3, -0.25) is 9.59 Å². The molecule has 2 amide bonds. The summed E-state index contributed by atoms with van der Waals surface area (Å²) in [6, 6.07) is 27.8. The number of carboxylic acid groups (broad SMARTS) is 1. The van der Waals surface area contributed by atoms with Crippen molar-refractivity contribution in [3.05, 3.63) is 114 Å². The van der Waals surface area contributed by atoms with Crippen molar-refractivity contribution in [2.45, 2.75) is 37.8 Å². The quantitative estimate of drug-likeness (QED) is 0.268. The normalized spacial score (nSPS) is 13.2. The highest BCUT2D eigenvalue weighted by molar-refractivity contribution is 5.93. The van der Waals surface area contributed by atoms with E-state index in [1.807, 2.05) is 97.1 Å². The van der Waals surface area contributed by atoms with Crippen LogP contribution in [0.3, 0.4) is 0 Å². The van der Waals surface area contributed by atoms with Crippen LogP contribution >= 0.6 is 0 Å². The number of benzene rings is 4. The van der Waals surface area contributed by atoms with Crippen LogP contribution in [-0.4, -0.2) is 42.1 Å². The summed E-state index contributed by atoms with van der Waals surface area (Å²) in [4.78, 5) is 38.7. The van der Waals surface area contributed by atoms with Crippen LogP contribution in [0.2, 0.25) is 0 Å². The zero-order valence-corrected chi connectivity index (χ0v) is 22.0. The molecule has 4 aromatic rings. The number of rotatable bonds is 11. The van der Waals surface area contributed by atoms with Crippen LogP contribution in [0.25, 0.3) is 10.8 Å². The number of hydrogen-bond donors (Lipinski definition) is 3. The first-order chi connectivity index (χ1) is 18.8. The predicted molar refractivity (Wildman–Crippen MR) is 151 cm³/mol. The lowest BCUT2D eigenvalue weighted by Gasteiger charge is -2.23. The second kappa shape index (κ2) is 12.7. The highest BCUT2D eigenvalue weighted by atomic mass is 16.5. The Morgan fingerprint density at radius 3 is 1.85 bits per heavy atom. The summed E-state index contributed by atoms with van der Waals surface area (Å²) in [5.41, 5.74) is 2.44. The molecule has 7 heteroatoms. The summed E-state index contributed by atoms with van der Waals surface area (Å²) in [6.45, 7) is 1.78. The Hall–Kier alpha value is -4.65. The molecule has 4 aromatic carbocycles. The zero-order chi connectivity index (χ0) is 27.8. The second-order valence-electron chi connectivity index (χ2n) is 9.53. The average molecular weight is 525 g/mol. The van der Waals surface area contributed by atoms with Gasteiger partial charge in [0.05, 0.1) is 13.0 Å². The molecule has 0 heterocycles. The third-order valence-corrected chi connectivity index (χ3v) is 6.78. The third-order valence-electron chi connectivity index (χ3n) is 6.78. The van der Waals surface area contributed by atoms with Crippen LogP contribution in [0, 0.1) is 0 Å². The van der Waals surface area contributed by atoms with Crippen molar-refractivity contribution >= 4 is 28.6 Å². The van der Waals surface area contributed by atoms with Gasteiger partial charge in [0, 0.05) is 12.8 Å². The SMILES string of the molecule is COc1ccc2cc(C(C)C(=O)NC(Cc3ccccc3)C(=O)NC(Cc3ccccc3)C(=O)O)ccc2c1. The second-order valence-corrected chi connectivity index (χ2v) is 9.53. The molecule has 0 spiro atoms. The molecular weight excluding hydrogens is 492 g/mol. The van der Waals surface area contributed by atoms with E-state index in [1.54, 1.807) is 14.0 Å². The van der Waals surface area contributed by atoms with Gasteiger partial charge in [0.15, 0.2) is 0 Å². The molecule has 0 aromatic heterocycles. The van der Waals surface area contributed by atoms with Crippen molar-refractivity contribution < 1.29 is 24.2 Å². The van der Waals surface area contributed by atoms with E-state index >= 15 is 0 Å². The molecule has 7 nitrogen and oxygen atoms in total. The van der Waals surface area contributed by atoms with Crippen molar-refractivity contribution in [3.63, 3.8) is 0 Å². The number of fused-ring (bicyclic) bond motifs is 1. The highest BCUT2D eigenvalue weighted by Gasteiger charge is 2.28. The van der Waals surface area contributed by atoms with Crippen molar-refractivity contribution in [2.24, 2.45) is 0 Å². The molecule has 3 N–H and O–H groups in total. The maximum Gasteiger partial charge on any atom is 0.326 e. The largest absolute Gasteiger partial charge is 0.497 e.